The summed E-state index contributed by atoms with van der Waals surface area (Å²) in [7, 11) is 0. The van der Waals surface area contributed by atoms with Gasteiger partial charge in [0, 0.05) is 28.6 Å². The number of hydrogen-bond acceptors (Lipinski definition) is 5. The summed E-state index contributed by atoms with van der Waals surface area (Å²) in [6, 6.07) is 28.2. The highest BCUT2D eigenvalue weighted by Gasteiger charge is 2.18. The molecule has 3 heterocycles. The summed E-state index contributed by atoms with van der Waals surface area (Å²) in [6.07, 6.45) is 0. The Kier molecular flexibility index (Phi) is 4.63. The molecule has 3 aromatic heterocycles. The molecule has 0 spiro atoms. The first-order valence-electron chi connectivity index (χ1n) is 13.2. The third-order valence-corrected chi connectivity index (χ3v) is 8.05. The number of aromatic nitrogens is 1. The van der Waals surface area contributed by atoms with Gasteiger partial charge in [-0.3, -0.25) is 9.59 Å². The van der Waals surface area contributed by atoms with Gasteiger partial charge in [0.05, 0.1) is 44.2 Å². The van der Waals surface area contributed by atoms with Gasteiger partial charge < -0.3 is 13.4 Å². The number of fused-ring (bicyclic) bond motifs is 7. The smallest absolute Gasteiger partial charge is 0.200 e. The summed E-state index contributed by atoms with van der Waals surface area (Å²) in [4.78, 5) is 27.0. The fourth-order valence-electron chi connectivity index (χ4n) is 6.12. The van der Waals surface area contributed by atoms with Crippen molar-refractivity contribution in [3.8, 4) is 11.8 Å². The van der Waals surface area contributed by atoms with Crippen LogP contribution in [0.1, 0.15) is 16.7 Å². The van der Waals surface area contributed by atoms with Crippen molar-refractivity contribution in [2.45, 2.75) is 13.8 Å². The van der Waals surface area contributed by atoms with Gasteiger partial charge >= 0.3 is 0 Å². The monoisotopic (exact) mass is 532 g/mol. The van der Waals surface area contributed by atoms with E-state index in [0.717, 1.165) is 27.8 Å². The highest BCUT2D eigenvalue weighted by atomic mass is 16.3. The average molecular weight is 533 g/mol. The minimum atomic E-state index is -0.299. The molecule has 8 aromatic rings. The maximum absolute atomic E-state index is 13.7. The number of benzene rings is 5. The van der Waals surface area contributed by atoms with E-state index >= 15 is 0 Å². The molecule has 5 aromatic carbocycles. The number of nitrogens with zero attached hydrogens (tertiary/aromatic N) is 2. The molecule has 6 nitrogen and oxygen atoms in total. The summed E-state index contributed by atoms with van der Waals surface area (Å²) in [6.45, 7) is 4.21. The molecule has 0 fully saturated rings. The van der Waals surface area contributed by atoms with Crippen LogP contribution in [0.2, 0.25) is 0 Å². The molecule has 194 valence electrons. The molecule has 41 heavy (non-hydrogen) atoms. The minimum absolute atomic E-state index is 0.227. The summed E-state index contributed by atoms with van der Waals surface area (Å²) in [5, 5.41) is 12.9. The molecule has 6 heteroatoms. The van der Waals surface area contributed by atoms with Crippen LogP contribution in [0.3, 0.4) is 0 Å². The largest absolute Gasteiger partial charge is 0.456 e. The average Bonchev–Trinajstić information content (AvgIpc) is 3.33. The lowest BCUT2D eigenvalue weighted by Gasteiger charge is -2.12. The minimum Gasteiger partial charge on any atom is -0.456 e. The number of hydrogen-bond donors (Lipinski definition) is 0. The van der Waals surface area contributed by atoms with Gasteiger partial charge in [0.25, 0.3) is 0 Å². The third-order valence-electron chi connectivity index (χ3n) is 8.05. The number of nitriles is 1. The maximum Gasteiger partial charge on any atom is 0.200 e. The van der Waals surface area contributed by atoms with Gasteiger partial charge in [0.15, 0.2) is 0 Å². The van der Waals surface area contributed by atoms with E-state index < -0.39 is 0 Å². The number of rotatable bonds is 1. The van der Waals surface area contributed by atoms with Gasteiger partial charge in [0.1, 0.15) is 22.3 Å². The van der Waals surface area contributed by atoms with Crippen LogP contribution in [0.15, 0.2) is 103 Å². The normalized spacial score (nSPS) is 11.8. The van der Waals surface area contributed by atoms with E-state index in [4.69, 9.17) is 8.83 Å². The van der Waals surface area contributed by atoms with E-state index in [2.05, 4.69) is 54.8 Å². The maximum atomic E-state index is 13.7. The number of para-hydroxylation sites is 2. The van der Waals surface area contributed by atoms with E-state index in [-0.39, 0.29) is 16.2 Å². The van der Waals surface area contributed by atoms with Crippen molar-refractivity contribution in [2.24, 2.45) is 0 Å². The Morgan fingerprint density at radius 1 is 0.585 bits per heavy atom. The van der Waals surface area contributed by atoms with Crippen molar-refractivity contribution < 1.29 is 8.83 Å². The van der Waals surface area contributed by atoms with E-state index in [1.165, 1.54) is 22.9 Å². The van der Waals surface area contributed by atoms with Gasteiger partial charge in [-0.05, 0) is 61.4 Å². The predicted octanol–water partition coefficient (Wildman–Crippen LogP) is 7.79. The molecule has 0 radical (unpaired) electrons. The predicted molar refractivity (Wildman–Crippen MR) is 162 cm³/mol. The molecule has 8 rings (SSSR count). The Morgan fingerprint density at radius 3 is 1.83 bits per heavy atom. The van der Waals surface area contributed by atoms with Crippen molar-refractivity contribution in [1.29, 1.82) is 5.26 Å². The topological polar surface area (TPSA) is 89.1 Å². The van der Waals surface area contributed by atoms with Gasteiger partial charge in [-0.15, -0.1) is 0 Å². The van der Waals surface area contributed by atoms with Gasteiger partial charge in [-0.1, -0.05) is 36.4 Å². The van der Waals surface area contributed by atoms with Crippen molar-refractivity contribution in [3.05, 3.63) is 122 Å². The first kappa shape index (κ1) is 23.2. The summed E-state index contributed by atoms with van der Waals surface area (Å²) in [5.74, 6) is 0. The molecule has 0 aliphatic carbocycles. The van der Waals surface area contributed by atoms with E-state index in [0.29, 0.717) is 44.1 Å². The lowest BCUT2D eigenvalue weighted by molar-refractivity contribution is 0.646. The highest BCUT2D eigenvalue weighted by molar-refractivity contribution is 6.11. The molecule has 0 aliphatic rings. The molecular weight excluding hydrogens is 512 g/mol. The first-order valence-corrected chi connectivity index (χ1v) is 13.2. The summed E-state index contributed by atoms with van der Waals surface area (Å²) >= 11 is 0. The second-order valence-corrected chi connectivity index (χ2v) is 10.5. The second kappa shape index (κ2) is 8.17. The third kappa shape index (κ3) is 3.17. The van der Waals surface area contributed by atoms with Crippen molar-refractivity contribution in [3.63, 3.8) is 0 Å². The van der Waals surface area contributed by atoms with Crippen molar-refractivity contribution >= 4 is 65.7 Å². The second-order valence-electron chi connectivity index (χ2n) is 10.5. The molecule has 0 saturated carbocycles. The van der Waals surface area contributed by atoms with Gasteiger partial charge in [-0.2, -0.15) is 5.26 Å². The fraction of sp³-hybridized carbons (Fsp3) is 0.0571. The Bertz CT molecular complexity index is 2550. The quantitative estimate of drug-likeness (QED) is 0.201. The molecular formula is C35H20N2O4. The summed E-state index contributed by atoms with van der Waals surface area (Å²) < 4.78 is 14.6. The Morgan fingerprint density at radius 2 is 1.17 bits per heavy atom. The standard InChI is InChI=1S/C35H20N2O4/c1-18-5-3-7-22-23-8-4-6-19(2)33(23)37(32(18)22)21-10-11-24-29(14-21)41-31-16-30-27(15-26(31)34(24)38)35(39)25-13-20(17-36)9-12-28(25)40-30/h3-16H,1-2H3. The molecule has 0 amide bonds. The molecule has 0 N–H and O–H groups in total. The van der Waals surface area contributed by atoms with E-state index in [1.807, 2.05) is 18.2 Å². The highest BCUT2D eigenvalue weighted by Crippen LogP contribution is 2.36. The molecule has 0 atom stereocenters. The molecule has 0 saturated heterocycles. The molecule has 0 aliphatic heterocycles. The van der Waals surface area contributed by atoms with Crippen LogP contribution < -0.4 is 10.9 Å². The van der Waals surface area contributed by atoms with Crippen molar-refractivity contribution in [2.75, 3.05) is 0 Å². The zero-order valence-corrected chi connectivity index (χ0v) is 22.1. The zero-order chi connectivity index (χ0) is 28.0. The van der Waals surface area contributed by atoms with Crippen LogP contribution in [0.5, 0.6) is 0 Å². The van der Waals surface area contributed by atoms with Gasteiger partial charge in [-0.25, -0.2) is 0 Å². The van der Waals surface area contributed by atoms with E-state index in [1.54, 1.807) is 24.3 Å². The summed E-state index contributed by atoms with van der Waals surface area (Å²) in [5.41, 5.74) is 6.68. The first-order chi connectivity index (χ1) is 19.9. The van der Waals surface area contributed by atoms with Gasteiger partial charge in [0.2, 0.25) is 10.9 Å². The van der Waals surface area contributed by atoms with Crippen LogP contribution in [0.25, 0.3) is 71.4 Å². The zero-order valence-electron chi connectivity index (χ0n) is 22.1. The lowest BCUT2D eigenvalue weighted by atomic mass is 10.1. The van der Waals surface area contributed by atoms with Crippen molar-refractivity contribution in [1.82, 2.24) is 4.57 Å². The Hall–Kier alpha value is -5.67. The van der Waals surface area contributed by atoms with Crippen LogP contribution in [-0.2, 0) is 0 Å². The Balaban J connectivity index is 1.43. The molecule has 0 unspecified atom stereocenters. The van der Waals surface area contributed by atoms with Crippen LogP contribution in [0, 0.1) is 25.2 Å². The number of aryl methyl sites for hydroxylation is 2. The van der Waals surface area contributed by atoms with Crippen LogP contribution in [0.4, 0.5) is 0 Å². The van der Waals surface area contributed by atoms with Crippen LogP contribution in [-0.4, -0.2) is 4.57 Å². The van der Waals surface area contributed by atoms with Crippen LogP contribution >= 0.6 is 0 Å². The lowest BCUT2D eigenvalue weighted by Crippen LogP contribution is -2.07. The fourth-order valence-corrected chi connectivity index (χ4v) is 6.12. The van der Waals surface area contributed by atoms with E-state index in [9.17, 15) is 14.9 Å². The Labute approximate surface area is 231 Å². The molecule has 0 bridgehead atoms. The SMILES string of the molecule is Cc1cccc2c3cccc(C)c3n(-c3ccc4c(=O)c5cc6c(=O)c7cc(C#N)ccc7oc6cc5oc4c3)c12.